The Balaban J connectivity index is 1.75. The highest BCUT2D eigenvalue weighted by molar-refractivity contribution is 6.35. The highest BCUT2D eigenvalue weighted by atomic mass is 35.5. The van der Waals surface area contributed by atoms with E-state index in [1.165, 1.54) is 30.3 Å². The lowest BCUT2D eigenvalue weighted by Crippen LogP contribution is -2.33. The van der Waals surface area contributed by atoms with E-state index in [2.05, 4.69) is 10.6 Å². The number of ketones is 1. The van der Waals surface area contributed by atoms with Gasteiger partial charge in [0.25, 0.3) is 0 Å². The van der Waals surface area contributed by atoms with Gasteiger partial charge < -0.3 is 10.6 Å². The third-order valence-electron chi connectivity index (χ3n) is 3.39. The summed E-state index contributed by atoms with van der Waals surface area (Å²) in [5.74, 6) is -1.65. The molecule has 2 N–H and O–H groups in total. The second-order valence-corrected chi connectivity index (χ2v) is 6.22. The Kier molecular flexibility index (Phi) is 7.12. The molecule has 0 heterocycles. The number of anilines is 1. The molecule has 0 aliphatic rings. The lowest BCUT2D eigenvalue weighted by atomic mass is 10.1. The lowest BCUT2D eigenvalue weighted by molar-refractivity contribution is -0.124. The molecule has 0 aliphatic heterocycles. The van der Waals surface area contributed by atoms with Gasteiger partial charge in [-0.05, 0) is 42.5 Å². The van der Waals surface area contributed by atoms with Crippen LogP contribution in [0.1, 0.15) is 23.2 Å². The number of rotatable bonds is 7. The number of carbonyl (C=O) groups excluding carboxylic acids is 3. The average Bonchev–Trinajstić information content (AvgIpc) is 2.61. The summed E-state index contributed by atoms with van der Waals surface area (Å²) in [6.07, 6.45) is -0.124. The SMILES string of the molecule is O=C(CCC(=O)c1ccc(F)cc1)NCC(=O)Nc1cc(Cl)ccc1Cl. The molecule has 2 aromatic rings. The fourth-order valence-corrected chi connectivity index (χ4v) is 2.40. The van der Waals surface area contributed by atoms with Crippen molar-refractivity contribution in [3.05, 3.63) is 63.9 Å². The van der Waals surface area contributed by atoms with Gasteiger partial charge in [-0.15, -0.1) is 0 Å². The summed E-state index contributed by atoms with van der Waals surface area (Å²) in [5, 5.41) is 5.67. The van der Waals surface area contributed by atoms with Gasteiger partial charge in [-0.1, -0.05) is 23.2 Å². The lowest BCUT2D eigenvalue weighted by Gasteiger charge is -2.09. The molecule has 0 bridgehead atoms. The minimum Gasteiger partial charge on any atom is -0.347 e. The van der Waals surface area contributed by atoms with Crippen LogP contribution in [0, 0.1) is 5.82 Å². The summed E-state index contributed by atoms with van der Waals surface area (Å²) in [6.45, 7) is -0.271. The number of nitrogens with one attached hydrogen (secondary N) is 2. The zero-order valence-electron chi connectivity index (χ0n) is 13.5. The molecular weight excluding hydrogens is 382 g/mol. The molecule has 0 spiro atoms. The maximum atomic E-state index is 12.8. The van der Waals surface area contributed by atoms with Gasteiger partial charge in [0.1, 0.15) is 5.82 Å². The van der Waals surface area contributed by atoms with Gasteiger partial charge in [-0.25, -0.2) is 4.39 Å². The van der Waals surface area contributed by atoms with E-state index in [4.69, 9.17) is 23.2 Å². The van der Waals surface area contributed by atoms with E-state index in [1.807, 2.05) is 0 Å². The quantitative estimate of drug-likeness (QED) is 0.697. The molecule has 2 rings (SSSR count). The number of hydrogen-bond donors (Lipinski definition) is 2. The fourth-order valence-electron chi connectivity index (χ4n) is 2.06. The first-order valence-corrected chi connectivity index (χ1v) is 8.41. The van der Waals surface area contributed by atoms with Crippen LogP contribution in [0.4, 0.5) is 10.1 Å². The zero-order chi connectivity index (χ0) is 19.1. The van der Waals surface area contributed by atoms with E-state index < -0.39 is 17.6 Å². The van der Waals surface area contributed by atoms with Crippen LogP contribution >= 0.6 is 23.2 Å². The third-order valence-corrected chi connectivity index (χ3v) is 3.96. The van der Waals surface area contributed by atoms with E-state index in [0.29, 0.717) is 21.3 Å². The molecule has 8 heteroatoms. The first kappa shape index (κ1) is 19.9. The number of benzene rings is 2. The maximum Gasteiger partial charge on any atom is 0.243 e. The van der Waals surface area contributed by atoms with Crippen molar-refractivity contribution in [2.24, 2.45) is 0 Å². The third kappa shape index (κ3) is 6.13. The van der Waals surface area contributed by atoms with Gasteiger partial charge in [0.2, 0.25) is 11.8 Å². The van der Waals surface area contributed by atoms with Crippen molar-refractivity contribution in [3.8, 4) is 0 Å². The Bertz CT molecular complexity index is 826. The van der Waals surface area contributed by atoms with Crippen molar-refractivity contribution >= 4 is 46.5 Å². The van der Waals surface area contributed by atoms with Crippen molar-refractivity contribution in [1.82, 2.24) is 5.32 Å². The van der Waals surface area contributed by atoms with Crippen LogP contribution < -0.4 is 10.6 Å². The van der Waals surface area contributed by atoms with Crippen molar-refractivity contribution in [1.29, 1.82) is 0 Å². The number of halogens is 3. The Hall–Kier alpha value is -2.44. The van der Waals surface area contributed by atoms with Crippen LogP contribution in [0.3, 0.4) is 0 Å². The molecule has 0 aliphatic carbocycles. The molecule has 0 aromatic heterocycles. The van der Waals surface area contributed by atoms with Crippen molar-refractivity contribution in [3.63, 3.8) is 0 Å². The summed E-state index contributed by atoms with van der Waals surface area (Å²) in [4.78, 5) is 35.5. The molecule has 2 amide bonds. The first-order valence-electron chi connectivity index (χ1n) is 7.65. The van der Waals surface area contributed by atoms with Crippen molar-refractivity contribution in [2.45, 2.75) is 12.8 Å². The number of carbonyl (C=O) groups is 3. The Labute approximate surface area is 159 Å². The summed E-state index contributed by atoms with van der Waals surface area (Å²) in [6, 6.07) is 9.69. The Morgan fingerprint density at radius 3 is 2.31 bits per heavy atom. The summed E-state index contributed by atoms with van der Waals surface area (Å²) >= 11 is 11.8. The fraction of sp³-hybridized carbons (Fsp3) is 0.167. The number of amides is 2. The molecule has 0 fully saturated rings. The summed E-state index contributed by atoms with van der Waals surface area (Å²) < 4.78 is 12.8. The molecule has 0 radical (unpaired) electrons. The van der Waals surface area contributed by atoms with E-state index in [1.54, 1.807) is 12.1 Å². The predicted molar refractivity (Wildman–Crippen MR) is 98.1 cm³/mol. The largest absolute Gasteiger partial charge is 0.347 e. The van der Waals surface area contributed by atoms with Crippen LogP contribution in [0.5, 0.6) is 0 Å². The van der Waals surface area contributed by atoms with Crippen LogP contribution in [-0.4, -0.2) is 24.1 Å². The minimum absolute atomic E-state index is 0.0425. The molecule has 0 saturated carbocycles. The Morgan fingerprint density at radius 2 is 1.62 bits per heavy atom. The van der Waals surface area contributed by atoms with Gasteiger partial charge >= 0.3 is 0 Å². The van der Waals surface area contributed by atoms with Gasteiger partial charge in [-0.2, -0.15) is 0 Å². The molecular formula is C18H15Cl2FN2O3. The second kappa shape index (κ2) is 9.31. The van der Waals surface area contributed by atoms with E-state index in [-0.39, 0.29) is 25.2 Å². The molecule has 0 atom stereocenters. The standard InChI is InChI=1S/C18H15Cl2FN2O3/c19-12-3-6-14(20)15(9-12)23-18(26)10-22-17(25)8-7-16(24)11-1-4-13(21)5-2-11/h1-6,9H,7-8,10H2,(H,22,25)(H,23,26). The van der Waals surface area contributed by atoms with Crippen LogP contribution in [0.25, 0.3) is 0 Å². The number of hydrogen-bond acceptors (Lipinski definition) is 3. The topological polar surface area (TPSA) is 75.3 Å². The van der Waals surface area contributed by atoms with Gasteiger partial charge in [0, 0.05) is 23.4 Å². The summed E-state index contributed by atoms with van der Waals surface area (Å²) in [7, 11) is 0. The van der Waals surface area contributed by atoms with E-state index in [9.17, 15) is 18.8 Å². The number of Topliss-reactive ketones (excluding diaryl/α,β-unsaturated/α-hetero) is 1. The van der Waals surface area contributed by atoms with Crippen LogP contribution in [0.2, 0.25) is 10.0 Å². The predicted octanol–water partition coefficient (Wildman–Crippen LogP) is 3.85. The highest BCUT2D eigenvalue weighted by Gasteiger charge is 2.11. The van der Waals surface area contributed by atoms with Crippen molar-refractivity contribution in [2.75, 3.05) is 11.9 Å². The first-order chi connectivity index (χ1) is 12.3. The minimum atomic E-state index is -0.479. The molecule has 5 nitrogen and oxygen atoms in total. The smallest absolute Gasteiger partial charge is 0.243 e. The van der Waals surface area contributed by atoms with Gasteiger partial charge in [0.15, 0.2) is 5.78 Å². The average molecular weight is 397 g/mol. The van der Waals surface area contributed by atoms with Crippen molar-refractivity contribution < 1.29 is 18.8 Å². The van der Waals surface area contributed by atoms with Crippen LogP contribution in [-0.2, 0) is 9.59 Å². The summed E-state index contributed by atoms with van der Waals surface area (Å²) in [5.41, 5.74) is 0.664. The Morgan fingerprint density at radius 1 is 0.923 bits per heavy atom. The normalized spacial score (nSPS) is 10.3. The molecule has 26 heavy (non-hydrogen) atoms. The highest BCUT2D eigenvalue weighted by Crippen LogP contribution is 2.25. The van der Waals surface area contributed by atoms with Crippen LogP contribution in [0.15, 0.2) is 42.5 Å². The maximum absolute atomic E-state index is 12.8. The monoisotopic (exact) mass is 396 g/mol. The molecule has 2 aromatic carbocycles. The molecule has 136 valence electrons. The van der Waals surface area contributed by atoms with E-state index in [0.717, 1.165) is 0 Å². The molecule has 0 saturated heterocycles. The molecule has 0 unspecified atom stereocenters. The zero-order valence-corrected chi connectivity index (χ0v) is 15.0. The van der Waals surface area contributed by atoms with E-state index >= 15 is 0 Å². The van der Waals surface area contributed by atoms with Gasteiger partial charge in [-0.3, -0.25) is 14.4 Å². The second-order valence-electron chi connectivity index (χ2n) is 5.38. The van der Waals surface area contributed by atoms with Gasteiger partial charge in [0.05, 0.1) is 17.3 Å².